The van der Waals surface area contributed by atoms with Gasteiger partial charge in [0.1, 0.15) is 12.3 Å². The van der Waals surface area contributed by atoms with Gasteiger partial charge < -0.3 is 9.15 Å². The van der Waals surface area contributed by atoms with Crippen molar-refractivity contribution in [3.63, 3.8) is 0 Å². The van der Waals surface area contributed by atoms with Crippen molar-refractivity contribution in [2.24, 2.45) is 11.8 Å². The van der Waals surface area contributed by atoms with Gasteiger partial charge in [0, 0.05) is 15.2 Å². The van der Waals surface area contributed by atoms with E-state index >= 15 is 0 Å². The van der Waals surface area contributed by atoms with Crippen molar-refractivity contribution in [3.8, 4) is 5.75 Å². The minimum atomic E-state index is -0.755. The van der Waals surface area contributed by atoms with E-state index in [-0.39, 0.29) is 37.3 Å². The lowest BCUT2D eigenvalue weighted by atomic mass is 9.81. The molecular weight excluding hydrogens is 672 g/mol. The maximum atomic E-state index is 13.7. The third-order valence-electron chi connectivity index (χ3n) is 6.87. The lowest BCUT2D eigenvalue weighted by Crippen LogP contribution is -2.52. The number of Topliss-reactive ketones (excluding diaryl/α,β-unsaturated/α-hetero) is 1. The van der Waals surface area contributed by atoms with E-state index in [9.17, 15) is 24.0 Å². The number of hydrazine groups is 1. The first-order valence-electron chi connectivity index (χ1n) is 12.3. The van der Waals surface area contributed by atoms with Crippen molar-refractivity contribution < 1.29 is 33.1 Å². The van der Waals surface area contributed by atoms with Crippen LogP contribution >= 0.6 is 43.5 Å². The summed E-state index contributed by atoms with van der Waals surface area (Å²) in [4.78, 5) is 66.1. The highest BCUT2D eigenvalue weighted by molar-refractivity contribution is 9.12. The molecule has 1 aliphatic carbocycles. The molecule has 206 valence electrons. The number of benzene rings is 2. The largest absolute Gasteiger partial charge is 0.457 e. The number of nitrogens with zero attached hydrogens (tertiary/aromatic N) is 2. The number of imide groups is 1. The van der Waals surface area contributed by atoms with Gasteiger partial charge in [-0.3, -0.25) is 19.2 Å². The van der Waals surface area contributed by atoms with Gasteiger partial charge in [-0.1, -0.05) is 55.6 Å². The van der Waals surface area contributed by atoms with Crippen LogP contribution in [0.4, 0.5) is 0 Å². The van der Waals surface area contributed by atoms with Crippen LogP contribution in [0, 0.1) is 11.8 Å². The average molecular weight is 693 g/mol. The summed E-state index contributed by atoms with van der Waals surface area (Å²) in [5.74, 6) is -4.12. The number of carbonyl (C=O) groups is 5. The Bertz CT molecular complexity index is 1450. The number of ether oxygens (including phenoxy) is 1. The summed E-state index contributed by atoms with van der Waals surface area (Å²) >= 11 is 13.4. The van der Waals surface area contributed by atoms with Crippen LogP contribution in [0.3, 0.4) is 0 Å². The standard InChI is InChI=1S/C28H21Br2ClN2O7/c29-20-12-18-19(13-21(20)30)27(37)33(26(18)36)32(25(35)17-4-1-2-5-22(17)31)14-23(34)15-7-9-16(10-8-15)40-28(38)24-6-3-11-39-24/h1-11,18-21H,12-14H2/t18-,19+,20+,21-. The number of ketones is 1. The second-order valence-electron chi connectivity index (χ2n) is 9.36. The van der Waals surface area contributed by atoms with Gasteiger partial charge in [-0.15, -0.1) is 0 Å². The van der Waals surface area contributed by atoms with Gasteiger partial charge in [0.2, 0.25) is 5.76 Å². The van der Waals surface area contributed by atoms with Gasteiger partial charge in [0.15, 0.2) is 5.78 Å². The number of hydrogen-bond acceptors (Lipinski definition) is 7. The van der Waals surface area contributed by atoms with E-state index in [1.54, 1.807) is 18.2 Å². The van der Waals surface area contributed by atoms with Gasteiger partial charge in [0.05, 0.1) is 28.7 Å². The van der Waals surface area contributed by atoms with E-state index in [0.717, 1.165) is 10.0 Å². The molecule has 3 amide bonds. The van der Waals surface area contributed by atoms with E-state index < -0.39 is 47.9 Å². The zero-order chi connectivity index (χ0) is 28.6. The van der Waals surface area contributed by atoms with Crippen LogP contribution in [0.1, 0.15) is 44.1 Å². The molecule has 1 aromatic heterocycles. The molecule has 2 heterocycles. The maximum absolute atomic E-state index is 13.7. The number of halogens is 3. The summed E-state index contributed by atoms with van der Waals surface area (Å²) in [5, 5.41) is 1.80. The number of furan rings is 1. The summed E-state index contributed by atoms with van der Waals surface area (Å²) in [7, 11) is 0. The molecule has 2 fully saturated rings. The second kappa shape index (κ2) is 11.7. The van der Waals surface area contributed by atoms with Crippen LogP contribution in [0.5, 0.6) is 5.75 Å². The molecule has 1 aliphatic heterocycles. The third kappa shape index (κ3) is 5.50. The molecule has 2 aliphatic rings. The quantitative estimate of drug-likeness (QED) is 0.108. The van der Waals surface area contributed by atoms with Gasteiger partial charge in [-0.2, -0.15) is 5.01 Å². The molecule has 1 saturated heterocycles. The molecule has 0 radical (unpaired) electrons. The van der Waals surface area contributed by atoms with Gasteiger partial charge in [-0.05, 0) is 61.4 Å². The van der Waals surface area contributed by atoms with Crippen molar-refractivity contribution in [2.45, 2.75) is 22.5 Å². The second-order valence-corrected chi connectivity index (χ2v) is 12.1. The van der Waals surface area contributed by atoms with Gasteiger partial charge in [-0.25, -0.2) is 9.80 Å². The minimum Gasteiger partial charge on any atom is -0.457 e. The SMILES string of the molecule is O=C(CN(C(=O)c1ccccc1Cl)N1C(=O)[C@H]2C[C@@H](Br)[C@@H](Br)C[C@H]2C1=O)c1ccc(OC(=O)c2ccco2)cc1. The first-order chi connectivity index (χ1) is 19.2. The van der Waals surface area contributed by atoms with Crippen LogP contribution in [-0.4, -0.2) is 55.7 Å². The Kier molecular flexibility index (Phi) is 8.25. The zero-order valence-electron chi connectivity index (χ0n) is 20.7. The lowest BCUT2D eigenvalue weighted by molar-refractivity contribution is -0.154. The van der Waals surface area contributed by atoms with E-state index in [1.165, 1.54) is 48.7 Å². The zero-order valence-corrected chi connectivity index (χ0v) is 24.6. The van der Waals surface area contributed by atoms with Crippen molar-refractivity contribution >= 4 is 72.9 Å². The highest BCUT2D eigenvalue weighted by Crippen LogP contribution is 2.43. The predicted octanol–water partition coefficient (Wildman–Crippen LogP) is 5.31. The van der Waals surface area contributed by atoms with Crippen LogP contribution in [0.25, 0.3) is 0 Å². The van der Waals surface area contributed by atoms with Crippen molar-refractivity contribution in [3.05, 3.63) is 88.8 Å². The topological polar surface area (TPSA) is 114 Å². The Morgan fingerprint density at radius 2 is 1.55 bits per heavy atom. The molecule has 0 unspecified atom stereocenters. The maximum Gasteiger partial charge on any atom is 0.379 e. The fourth-order valence-corrected chi connectivity index (χ4v) is 6.26. The molecule has 9 nitrogen and oxygen atoms in total. The summed E-state index contributed by atoms with van der Waals surface area (Å²) in [6, 6.07) is 14.9. The molecule has 3 aromatic rings. The summed E-state index contributed by atoms with van der Waals surface area (Å²) in [5.41, 5.74) is 0.219. The van der Waals surface area contributed by atoms with Crippen molar-refractivity contribution in [1.82, 2.24) is 10.0 Å². The molecule has 5 rings (SSSR count). The average Bonchev–Trinajstić information content (AvgIpc) is 3.56. The highest BCUT2D eigenvalue weighted by atomic mass is 79.9. The Balaban J connectivity index is 1.40. The minimum absolute atomic E-state index is 0.0202. The predicted molar refractivity (Wildman–Crippen MR) is 150 cm³/mol. The number of rotatable bonds is 7. The monoisotopic (exact) mass is 690 g/mol. The van der Waals surface area contributed by atoms with Gasteiger partial charge in [0.25, 0.3) is 17.7 Å². The van der Waals surface area contributed by atoms with Gasteiger partial charge >= 0.3 is 5.97 Å². The fraction of sp³-hybridized carbons (Fsp3) is 0.250. The van der Waals surface area contributed by atoms with Crippen LogP contribution in [0.15, 0.2) is 71.3 Å². The molecule has 0 N–H and O–H groups in total. The Hall–Kier alpha value is -3.28. The smallest absolute Gasteiger partial charge is 0.379 e. The molecule has 4 atom stereocenters. The highest BCUT2D eigenvalue weighted by Gasteiger charge is 2.54. The molecule has 0 spiro atoms. The lowest BCUT2D eigenvalue weighted by Gasteiger charge is -2.30. The van der Waals surface area contributed by atoms with Crippen LogP contribution < -0.4 is 4.74 Å². The Morgan fingerprint density at radius 3 is 2.12 bits per heavy atom. The van der Waals surface area contributed by atoms with E-state index in [2.05, 4.69) is 31.9 Å². The number of esters is 1. The molecule has 0 bridgehead atoms. The van der Waals surface area contributed by atoms with Crippen LogP contribution in [0.2, 0.25) is 5.02 Å². The molecular formula is C28H21Br2ClN2O7. The number of hydrogen-bond donors (Lipinski definition) is 0. The van der Waals surface area contributed by atoms with E-state index in [4.69, 9.17) is 20.8 Å². The summed E-state index contributed by atoms with van der Waals surface area (Å²) in [6.07, 6.45) is 2.15. The molecule has 12 heteroatoms. The van der Waals surface area contributed by atoms with Crippen molar-refractivity contribution in [1.29, 1.82) is 0 Å². The molecule has 1 saturated carbocycles. The number of alkyl halides is 2. The number of amides is 3. The Labute approximate surface area is 250 Å². The van der Waals surface area contributed by atoms with E-state index in [0.29, 0.717) is 12.8 Å². The third-order valence-corrected chi connectivity index (χ3v) is 9.93. The first kappa shape index (κ1) is 28.3. The first-order valence-corrected chi connectivity index (χ1v) is 14.5. The normalized spacial score (nSPS) is 22.1. The summed E-state index contributed by atoms with van der Waals surface area (Å²) < 4.78 is 10.2. The molecule has 40 heavy (non-hydrogen) atoms. The number of fused-ring (bicyclic) bond motifs is 1. The van der Waals surface area contributed by atoms with Crippen LogP contribution in [-0.2, 0) is 9.59 Å². The molecule has 2 aromatic carbocycles. The number of carbonyl (C=O) groups excluding carboxylic acids is 5. The van der Waals surface area contributed by atoms with E-state index in [1.807, 2.05) is 0 Å². The summed E-state index contributed by atoms with van der Waals surface area (Å²) in [6.45, 7) is -0.595. The fourth-order valence-electron chi connectivity index (χ4n) is 4.81. The van der Waals surface area contributed by atoms with Crippen molar-refractivity contribution in [2.75, 3.05) is 6.54 Å². The Morgan fingerprint density at radius 1 is 0.925 bits per heavy atom.